The van der Waals surface area contributed by atoms with Crippen LogP contribution in [0.1, 0.15) is 21.5 Å². The van der Waals surface area contributed by atoms with E-state index < -0.39 is 0 Å². The molecule has 0 amide bonds. The lowest BCUT2D eigenvalue weighted by Gasteiger charge is -2.09. The number of aryl methyl sites for hydroxylation is 1. The molecule has 0 bridgehead atoms. The molecule has 0 atom stereocenters. The van der Waals surface area contributed by atoms with Gasteiger partial charge in [0.15, 0.2) is 5.78 Å². The molecule has 2 heterocycles. The number of hydrogen-bond donors (Lipinski definition) is 1. The molecule has 1 N–H and O–H groups in total. The largest absolute Gasteiger partial charge is 0.373 e. The summed E-state index contributed by atoms with van der Waals surface area (Å²) in [4.78, 5) is 20.4. The number of rotatable bonds is 4. The highest BCUT2D eigenvalue weighted by Gasteiger charge is 2.14. The fourth-order valence-corrected chi connectivity index (χ4v) is 2.05. The summed E-state index contributed by atoms with van der Waals surface area (Å²) in [7, 11) is 1.78. The van der Waals surface area contributed by atoms with Gasteiger partial charge in [0, 0.05) is 37.6 Å². The summed E-state index contributed by atoms with van der Waals surface area (Å²) in [6.45, 7) is 1.94. The lowest BCUT2D eigenvalue weighted by atomic mass is 10.0. The Labute approximate surface area is 116 Å². The second-order valence-electron chi connectivity index (χ2n) is 4.23. The summed E-state index contributed by atoms with van der Waals surface area (Å²) >= 11 is 6.00. The predicted molar refractivity (Wildman–Crippen MR) is 75.8 cm³/mol. The molecule has 0 fully saturated rings. The van der Waals surface area contributed by atoms with Crippen LogP contribution in [-0.4, -0.2) is 22.8 Å². The number of pyridine rings is 2. The van der Waals surface area contributed by atoms with E-state index in [9.17, 15) is 4.79 Å². The van der Waals surface area contributed by atoms with Crippen LogP contribution in [0.3, 0.4) is 0 Å². The van der Waals surface area contributed by atoms with Gasteiger partial charge in [0.2, 0.25) is 0 Å². The van der Waals surface area contributed by atoms with Crippen LogP contribution in [0.5, 0.6) is 0 Å². The number of nitrogens with zero attached hydrogens (tertiary/aromatic N) is 2. The zero-order chi connectivity index (χ0) is 13.8. The number of aromatic nitrogens is 2. The molecule has 2 aromatic rings. The molecule has 2 aromatic heterocycles. The molecule has 0 unspecified atom stereocenters. The molecule has 19 heavy (non-hydrogen) atoms. The summed E-state index contributed by atoms with van der Waals surface area (Å²) < 4.78 is 0. The van der Waals surface area contributed by atoms with Crippen molar-refractivity contribution in [3.8, 4) is 0 Å². The van der Waals surface area contributed by atoms with Gasteiger partial charge in [-0.15, -0.1) is 0 Å². The molecule has 4 nitrogen and oxygen atoms in total. The van der Waals surface area contributed by atoms with Crippen molar-refractivity contribution in [2.24, 2.45) is 0 Å². The quantitative estimate of drug-likeness (QED) is 0.872. The first-order valence-electron chi connectivity index (χ1n) is 5.88. The van der Waals surface area contributed by atoms with E-state index in [1.165, 1.54) is 6.20 Å². The van der Waals surface area contributed by atoms with Crippen molar-refractivity contribution in [1.29, 1.82) is 0 Å². The van der Waals surface area contributed by atoms with E-state index in [-0.39, 0.29) is 12.2 Å². The molecule has 98 valence electrons. The second-order valence-corrected chi connectivity index (χ2v) is 4.63. The number of Topliss-reactive ketones (excluding diaryl/α,β-unsaturated/α-hetero) is 1. The molecular weight excluding hydrogens is 262 g/mol. The second kappa shape index (κ2) is 5.80. The first kappa shape index (κ1) is 13.5. The monoisotopic (exact) mass is 275 g/mol. The molecule has 0 saturated carbocycles. The number of carbonyl (C=O) groups is 1. The molecule has 5 heteroatoms. The molecule has 0 aliphatic heterocycles. The summed E-state index contributed by atoms with van der Waals surface area (Å²) in [6, 6.07) is 3.56. The van der Waals surface area contributed by atoms with Gasteiger partial charge in [0.1, 0.15) is 5.82 Å². The zero-order valence-corrected chi connectivity index (χ0v) is 11.5. The topological polar surface area (TPSA) is 54.9 Å². The Bertz CT molecular complexity index is 613. The Hall–Kier alpha value is -1.94. The van der Waals surface area contributed by atoms with Gasteiger partial charge >= 0.3 is 0 Å². The first-order chi connectivity index (χ1) is 9.11. The van der Waals surface area contributed by atoms with Crippen LogP contribution >= 0.6 is 11.6 Å². The van der Waals surface area contributed by atoms with Crippen LogP contribution in [0.15, 0.2) is 30.7 Å². The van der Waals surface area contributed by atoms with Crippen molar-refractivity contribution in [2.75, 3.05) is 12.4 Å². The standard InChI is InChI=1S/C14H14ClN3O/c1-9-5-10(14(16-2)18-7-9)6-13(19)11-8-17-4-3-12(11)15/h3-5,7-8H,6H2,1-2H3,(H,16,18). The van der Waals surface area contributed by atoms with Gasteiger partial charge in [0.25, 0.3) is 0 Å². The smallest absolute Gasteiger partial charge is 0.170 e. The molecule has 0 aliphatic rings. The maximum atomic E-state index is 12.2. The lowest BCUT2D eigenvalue weighted by Crippen LogP contribution is -2.08. The van der Waals surface area contributed by atoms with Crippen LogP contribution < -0.4 is 5.32 Å². The maximum absolute atomic E-state index is 12.2. The average Bonchev–Trinajstić information content (AvgIpc) is 2.39. The number of halogens is 1. The summed E-state index contributed by atoms with van der Waals surface area (Å²) in [5.41, 5.74) is 2.30. The predicted octanol–water partition coefficient (Wildman–Crippen LogP) is 2.91. The molecule has 2 rings (SSSR count). The minimum Gasteiger partial charge on any atom is -0.373 e. The van der Waals surface area contributed by atoms with E-state index in [1.807, 2.05) is 13.0 Å². The van der Waals surface area contributed by atoms with Crippen molar-refractivity contribution < 1.29 is 4.79 Å². The molecule has 0 saturated heterocycles. The van der Waals surface area contributed by atoms with E-state index >= 15 is 0 Å². The van der Waals surface area contributed by atoms with Crippen LogP contribution in [-0.2, 0) is 6.42 Å². The highest BCUT2D eigenvalue weighted by molar-refractivity contribution is 6.33. The van der Waals surface area contributed by atoms with Gasteiger partial charge in [-0.1, -0.05) is 17.7 Å². The third-order valence-electron chi connectivity index (χ3n) is 2.76. The van der Waals surface area contributed by atoms with Gasteiger partial charge in [0.05, 0.1) is 10.6 Å². The van der Waals surface area contributed by atoms with Crippen molar-refractivity contribution in [3.63, 3.8) is 0 Å². The molecule has 0 aliphatic carbocycles. The van der Waals surface area contributed by atoms with Gasteiger partial charge in [-0.2, -0.15) is 0 Å². The highest BCUT2D eigenvalue weighted by Crippen LogP contribution is 2.19. The van der Waals surface area contributed by atoms with Crippen molar-refractivity contribution in [1.82, 2.24) is 9.97 Å². The minimum absolute atomic E-state index is 0.0676. The Balaban J connectivity index is 2.29. The van der Waals surface area contributed by atoms with E-state index in [2.05, 4.69) is 15.3 Å². The van der Waals surface area contributed by atoms with E-state index in [0.717, 1.165) is 11.1 Å². The molecule has 0 aromatic carbocycles. The van der Waals surface area contributed by atoms with E-state index in [1.54, 1.807) is 25.5 Å². The maximum Gasteiger partial charge on any atom is 0.170 e. The fourth-order valence-electron chi connectivity index (χ4n) is 1.84. The number of anilines is 1. The summed E-state index contributed by atoms with van der Waals surface area (Å²) in [5.74, 6) is 0.640. The zero-order valence-electron chi connectivity index (χ0n) is 10.8. The average molecular weight is 276 g/mol. The van der Waals surface area contributed by atoms with Crippen LogP contribution in [0.25, 0.3) is 0 Å². The molecule has 0 spiro atoms. The molecular formula is C14H14ClN3O. The van der Waals surface area contributed by atoms with E-state index in [4.69, 9.17) is 11.6 Å². The van der Waals surface area contributed by atoms with Crippen LogP contribution in [0.2, 0.25) is 5.02 Å². The number of hydrogen-bond acceptors (Lipinski definition) is 4. The first-order valence-corrected chi connectivity index (χ1v) is 6.25. The number of nitrogens with one attached hydrogen (secondary N) is 1. The van der Waals surface area contributed by atoms with Gasteiger partial charge < -0.3 is 5.32 Å². The van der Waals surface area contributed by atoms with Crippen molar-refractivity contribution in [3.05, 3.63) is 52.4 Å². The third-order valence-corrected chi connectivity index (χ3v) is 3.09. The Morgan fingerprint density at radius 1 is 1.42 bits per heavy atom. The SMILES string of the molecule is CNc1ncc(C)cc1CC(=O)c1cnccc1Cl. The number of ketones is 1. The summed E-state index contributed by atoms with van der Waals surface area (Å²) in [5, 5.41) is 3.41. The minimum atomic E-state index is -0.0676. The van der Waals surface area contributed by atoms with Crippen molar-refractivity contribution >= 4 is 23.2 Å². The lowest BCUT2D eigenvalue weighted by molar-refractivity contribution is 0.0993. The van der Waals surface area contributed by atoms with Gasteiger partial charge in [-0.05, 0) is 18.6 Å². The van der Waals surface area contributed by atoms with E-state index in [0.29, 0.717) is 16.4 Å². The van der Waals surface area contributed by atoms with Crippen molar-refractivity contribution in [2.45, 2.75) is 13.3 Å². The highest BCUT2D eigenvalue weighted by atomic mass is 35.5. The fraction of sp³-hybridized carbons (Fsp3) is 0.214. The van der Waals surface area contributed by atoms with Crippen LogP contribution in [0, 0.1) is 6.92 Å². The number of carbonyl (C=O) groups excluding carboxylic acids is 1. The van der Waals surface area contributed by atoms with Gasteiger partial charge in [-0.25, -0.2) is 4.98 Å². The third kappa shape index (κ3) is 3.09. The Morgan fingerprint density at radius 2 is 2.21 bits per heavy atom. The molecule has 0 radical (unpaired) electrons. The normalized spacial score (nSPS) is 10.3. The Morgan fingerprint density at radius 3 is 2.89 bits per heavy atom. The Kier molecular flexibility index (Phi) is 4.12. The van der Waals surface area contributed by atoms with Crippen LogP contribution in [0.4, 0.5) is 5.82 Å². The van der Waals surface area contributed by atoms with Gasteiger partial charge in [-0.3, -0.25) is 9.78 Å². The summed E-state index contributed by atoms with van der Waals surface area (Å²) in [6.07, 6.45) is 5.06.